The fourth-order valence-corrected chi connectivity index (χ4v) is 2.85. The SMILES string of the molecule is CC(=O)N[C@H](Cc1ccc(F)cc1)C(=O)N[C@H](Cc1ccc(C(F)(F)F)cc1)C(=O)O. The van der Waals surface area contributed by atoms with Crippen molar-refractivity contribution >= 4 is 17.8 Å². The minimum absolute atomic E-state index is 0.0156. The van der Waals surface area contributed by atoms with Gasteiger partial charge in [0.15, 0.2) is 0 Å². The summed E-state index contributed by atoms with van der Waals surface area (Å²) in [5.74, 6) is -3.20. The predicted octanol–water partition coefficient (Wildman–Crippen LogP) is 2.70. The summed E-state index contributed by atoms with van der Waals surface area (Å²) in [6.45, 7) is 1.18. The average Bonchev–Trinajstić information content (AvgIpc) is 2.68. The van der Waals surface area contributed by atoms with Crippen molar-refractivity contribution in [1.82, 2.24) is 10.6 Å². The van der Waals surface area contributed by atoms with E-state index in [1.165, 1.54) is 31.2 Å². The summed E-state index contributed by atoms with van der Waals surface area (Å²) < 4.78 is 51.1. The normalized spacial score (nSPS) is 13.2. The molecule has 2 aromatic carbocycles. The van der Waals surface area contributed by atoms with Gasteiger partial charge in [0.05, 0.1) is 5.56 Å². The molecule has 0 aliphatic heterocycles. The van der Waals surface area contributed by atoms with E-state index in [0.29, 0.717) is 5.56 Å². The summed E-state index contributed by atoms with van der Waals surface area (Å²) in [4.78, 5) is 35.7. The molecule has 0 unspecified atom stereocenters. The van der Waals surface area contributed by atoms with Crippen LogP contribution in [-0.2, 0) is 33.4 Å². The largest absolute Gasteiger partial charge is 0.480 e. The highest BCUT2D eigenvalue weighted by molar-refractivity contribution is 5.90. The Labute approximate surface area is 175 Å². The summed E-state index contributed by atoms with van der Waals surface area (Å²) in [5.41, 5.74) is -0.0718. The third-order valence-corrected chi connectivity index (χ3v) is 4.38. The molecule has 166 valence electrons. The molecule has 0 aliphatic carbocycles. The summed E-state index contributed by atoms with van der Waals surface area (Å²) >= 11 is 0. The van der Waals surface area contributed by atoms with Crippen LogP contribution in [0, 0.1) is 5.82 Å². The fourth-order valence-electron chi connectivity index (χ4n) is 2.85. The molecule has 2 rings (SSSR count). The molecule has 0 bridgehead atoms. The van der Waals surface area contributed by atoms with Gasteiger partial charge >= 0.3 is 12.1 Å². The number of benzene rings is 2. The van der Waals surface area contributed by atoms with E-state index in [-0.39, 0.29) is 18.4 Å². The van der Waals surface area contributed by atoms with Crippen LogP contribution in [0.5, 0.6) is 0 Å². The Morgan fingerprint density at radius 1 is 0.871 bits per heavy atom. The lowest BCUT2D eigenvalue weighted by atomic mass is 10.0. The summed E-state index contributed by atoms with van der Waals surface area (Å²) in [6.07, 6.45) is -4.80. The third kappa shape index (κ3) is 7.40. The number of rotatable bonds is 8. The van der Waals surface area contributed by atoms with Crippen molar-refractivity contribution in [2.45, 2.75) is 38.0 Å². The lowest BCUT2D eigenvalue weighted by molar-refractivity contribution is -0.142. The van der Waals surface area contributed by atoms with Crippen molar-refractivity contribution in [3.8, 4) is 0 Å². The number of carboxylic acids is 1. The molecule has 0 aliphatic rings. The van der Waals surface area contributed by atoms with Crippen molar-refractivity contribution in [3.05, 3.63) is 71.0 Å². The van der Waals surface area contributed by atoms with E-state index in [2.05, 4.69) is 10.6 Å². The quantitative estimate of drug-likeness (QED) is 0.550. The second-order valence-electron chi connectivity index (χ2n) is 6.88. The predicted molar refractivity (Wildman–Crippen MR) is 102 cm³/mol. The molecule has 6 nitrogen and oxygen atoms in total. The van der Waals surface area contributed by atoms with Gasteiger partial charge < -0.3 is 15.7 Å². The Balaban J connectivity index is 2.12. The summed E-state index contributed by atoms with van der Waals surface area (Å²) in [6, 6.07) is 6.57. The molecule has 0 spiro atoms. The lowest BCUT2D eigenvalue weighted by Crippen LogP contribution is -2.52. The van der Waals surface area contributed by atoms with E-state index < -0.39 is 47.4 Å². The third-order valence-electron chi connectivity index (χ3n) is 4.38. The monoisotopic (exact) mass is 440 g/mol. The highest BCUT2D eigenvalue weighted by Crippen LogP contribution is 2.29. The number of hydrogen-bond donors (Lipinski definition) is 3. The first-order chi connectivity index (χ1) is 14.5. The van der Waals surface area contributed by atoms with Gasteiger partial charge in [-0.3, -0.25) is 9.59 Å². The number of hydrogen-bond acceptors (Lipinski definition) is 3. The van der Waals surface area contributed by atoms with Crippen molar-refractivity contribution in [1.29, 1.82) is 0 Å². The van der Waals surface area contributed by atoms with Gasteiger partial charge in [-0.25, -0.2) is 9.18 Å². The molecule has 0 radical (unpaired) electrons. The molecule has 0 heterocycles. The van der Waals surface area contributed by atoms with Crippen LogP contribution in [-0.4, -0.2) is 35.0 Å². The minimum atomic E-state index is -4.52. The van der Waals surface area contributed by atoms with E-state index in [4.69, 9.17) is 0 Å². The Bertz CT molecular complexity index is 928. The molecule has 0 aromatic heterocycles. The Kier molecular flexibility index (Phi) is 7.73. The second kappa shape index (κ2) is 10.1. The van der Waals surface area contributed by atoms with Crippen LogP contribution in [0.1, 0.15) is 23.6 Å². The van der Waals surface area contributed by atoms with Gasteiger partial charge in [-0.15, -0.1) is 0 Å². The Hall–Kier alpha value is -3.43. The van der Waals surface area contributed by atoms with Gasteiger partial charge in [-0.05, 0) is 35.4 Å². The van der Waals surface area contributed by atoms with Gasteiger partial charge in [0.1, 0.15) is 17.9 Å². The number of carbonyl (C=O) groups is 3. The Morgan fingerprint density at radius 3 is 1.81 bits per heavy atom. The van der Waals surface area contributed by atoms with Crippen LogP contribution >= 0.6 is 0 Å². The van der Waals surface area contributed by atoms with Crippen molar-refractivity contribution < 1.29 is 37.1 Å². The van der Waals surface area contributed by atoms with E-state index in [1.807, 2.05) is 0 Å². The number of alkyl halides is 3. The summed E-state index contributed by atoms with van der Waals surface area (Å²) in [5, 5.41) is 14.1. The molecule has 31 heavy (non-hydrogen) atoms. The van der Waals surface area contributed by atoms with E-state index in [9.17, 15) is 37.1 Å². The first-order valence-electron chi connectivity index (χ1n) is 9.16. The molecular weight excluding hydrogens is 420 g/mol. The molecule has 2 aromatic rings. The number of carboxylic acid groups (broad SMARTS) is 1. The number of nitrogens with one attached hydrogen (secondary N) is 2. The topological polar surface area (TPSA) is 95.5 Å². The first kappa shape index (κ1) is 23.8. The molecule has 3 N–H and O–H groups in total. The van der Waals surface area contributed by atoms with Crippen LogP contribution < -0.4 is 10.6 Å². The van der Waals surface area contributed by atoms with Gasteiger partial charge in [0.2, 0.25) is 11.8 Å². The zero-order valence-electron chi connectivity index (χ0n) is 16.4. The van der Waals surface area contributed by atoms with Gasteiger partial charge in [-0.2, -0.15) is 13.2 Å². The van der Waals surface area contributed by atoms with E-state index in [1.54, 1.807) is 0 Å². The van der Waals surface area contributed by atoms with Gasteiger partial charge in [0, 0.05) is 19.8 Å². The maximum Gasteiger partial charge on any atom is 0.416 e. The first-order valence-corrected chi connectivity index (χ1v) is 9.16. The van der Waals surface area contributed by atoms with Gasteiger partial charge in [0.25, 0.3) is 0 Å². The van der Waals surface area contributed by atoms with Crippen molar-refractivity contribution in [3.63, 3.8) is 0 Å². The molecule has 0 saturated carbocycles. The number of aliphatic carboxylic acids is 1. The fraction of sp³-hybridized carbons (Fsp3) is 0.286. The number of halogens is 4. The molecule has 2 amide bonds. The van der Waals surface area contributed by atoms with Gasteiger partial charge in [-0.1, -0.05) is 24.3 Å². The van der Waals surface area contributed by atoms with Crippen molar-refractivity contribution in [2.24, 2.45) is 0 Å². The molecule has 0 fully saturated rings. The molecule has 2 atom stereocenters. The minimum Gasteiger partial charge on any atom is -0.480 e. The van der Waals surface area contributed by atoms with Crippen molar-refractivity contribution in [2.75, 3.05) is 0 Å². The van der Waals surface area contributed by atoms with Crippen LogP contribution in [0.15, 0.2) is 48.5 Å². The van der Waals surface area contributed by atoms with Crippen LogP contribution in [0.4, 0.5) is 17.6 Å². The number of carbonyl (C=O) groups excluding carboxylic acids is 2. The maximum atomic E-state index is 13.1. The lowest BCUT2D eigenvalue weighted by Gasteiger charge is -2.21. The van der Waals surface area contributed by atoms with Crippen LogP contribution in [0.2, 0.25) is 0 Å². The summed E-state index contributed by atoms with van der Waals surface area (Å²) in [7, 11) is 0. The average molecular weight is 440 g/mol. The smallest absolute Gasteiger partial charge is 0.416 e. The van der Waals surface area contributed by atoms with Crippen LogP contribution in [0.25, 0.3) is 0 Å². The molecular formula is C21H20F4N2O4. The highest BCUT2D eigenvalue weighted by atomic mass is 19.4. The molecule has 0 saturated heterocycles. The Morgan fingerprint density at radius 2 is 1.35 bits per heavy atom. The van der Waals surface area contributed by atoms with E-state index >= 15 is 0 Å². The highest BCUT2D eigenvalue weighted by Gasteiger charge is 2.30. The zero-order chi connectivity index (χ0) is 23.2. The standard InChI is InChI=1S/C21H20F4N2O4/c1-12(28)26-17(10-14-4-8-16(22)9-5-14)19(29)27-18(20(30)31)11-13-2-6-15(7-3-13)21(23,24)25/h2-9,17-18H,10-11H2,1H3,(H,26,28)(H,27,29)(H,30,31)/t17-,18-/m1/s1. The number of amides is 2. The second-order valence-corrected chi connectivity index (χ2v) is 6.88. The maximum absolute atomic E-state index is 13.1. The zero-order valence-corrected chi connectivity index (χ0v) is 16.4. The molecule has 10 heteroatoms. The van der Waals surface area contributed by atoms with E-state index in [0.717, 1.165) is 24.3 Å². The van der Waals surface area contributed by atoms with Crippen LogP contribution in [0.3, 0.4) is 0 Å².